The molecule has 1 rings (SSSR count). The van der Waals surface area contributed by atoms with Crippen LogP contribution in [0.25, 0.3) is 0 Å². The molecule has 1 fully saturated rings. The van der Waals surface area contributed by atoms with Crippen LogP contribution < -0.4 is 0 Å². The van der Waals surface area contributed by atoms with Gasteiger partial charge < -0.3 is 4.74 Å². The van der Waals surface area contributed by atoms with Crippen molar-refractivity contribution in [3.8, 4) is 0 Å². The van der Waals surface area contributed by atoms with E-state index in [0.717, 1.165) is 6.92 Å². The number of ether oxygens (including phenoxy) is 1. The summed E-state index contributed by atoms with van der Waals surface area (Å²) in [6, 6.07) is 0. The molecule has 0 aromatic rings. The van der Waals surface area contributed by atoms with Crippen molar-refractivity contribution >= 4 is 0 Å². The smallest absolute Gasteiger partial charge is 0.306 e. The van der Waals surface area contributed by atoms with Gasteiger partial charge in [0.25, 0.3) is 0 Å². The molecule has 0 bridgehead atoms. The SMILES string of the molecule is CC1(F)COCC1(F)F. The first-order valence-corrected chi connectivity index (χ1v) is 2.60. The maximum atomic E-state index is 12.5. The second-order valence-corrected chi connectivity index (χ2v) is 2.39. The van der Waals surface area contributed by atoms with Crippen LogP contribution in [0.1, 0.15) is 6.92 Å². The normalized spacial score (nSPS) is 41.3. The van der Waals surface area contributed by atoms with E-state index in [2.05, 4.69) is 4.74 Å². The van der Waals surface area contributed by atoms with Crippen molar-refractivity contribution in [2.75, 3.05) is 13.2 Å². The largest absolute Gasteiger partial charge is 0.372 e. The quantitative estimate of drug-likeness (QED) is 0.494. The van der Waals surface area contributed by atoms with Crippen LogP contribution in [0.4, 0.5) is 13.2 Å². The first kappa shape index (κ1) is 6.86. The van der Waals surface area contributed by atoms with Crippen LogP contribution in [0.15, 0.2) is 0 Å². The van der Waals surface area contributed by atoms with E-state index in [9.17, 15) is 13.2 Å². The first-order valence-electron chi connectivity index (χ1n) is 2.60. The summed E-state index contributed by atoms with van der Waals surface area (Å²) in [6.45, 7) is -0.444. The van der Waals surface area contributed by atoms with E-state index in [-0.39, 0.29) is 0 Å². The van der Waals surface area contributed by atoms with Gasteiger partial charge in [0, 0.05) is 0 Å². The summed E-state index contributed by atoms with van der Waals surface area (Å²) in [6.07, 6.45) is 0. The fourth-order valence-corrected chi connectivity index (χ4v) is 0.627. The lowest BCUT2D eigenvalue weighted by Gasteiger charge is -2.18. The third-order valence-corrected chi connectivity index (χ3v) is 1.42. The Hall–Kier alpha value is -0.250. The molecule has 1 aliphatic rings. The molecule has 9 heavy (non-hydrogen) atoms. The molecule has 1 heterocycles. The van der Waals surface area contributed by atoms with E-state index >= 15 is 0 Å². The molecule has 0 aromatic carbocycles. The first-order chi connectivity index (χ1) is 3.96. The van der Waals surface area contributed by atoms with Gasteiger partial charge in [0.05, 0.1) is 6.61 Å². The van der Waals surface area contributed by atoms with Crippen LogP contribution in [-0.2, 0) is 4.74 Å². The molecule has 0 amide bonds. The fourth-order valence-electron chi connectivity index (χ4n) is 0.627. The highest BCUT2D eigenvalue weighted by Gasteiger charge is 2.56. The average molecular weight is 140 g/mol. The Morgan fingerprint density at radius 1 is 1.22 bits per heavy atom. The van der Waals surface area contributed by atoms with Crippen molar-refractivity contribution in [1.82, 2.24) is 0 Å². The predicted molar refractivity (Wildman–Crippen MR) is 25.3 cm³/mol. The van der Waals surface area contributed by atoms with Gasteiger partial charge in [-0.05, 0) is 6.92 Å². The van der Waals surface area contributed by atoms with Crippen LogP contribution in [0.2, 0.25) is 0 Å². The van der Waals surface area contributed by atoms with E-state index in [1.165, 1.54) is 0 Å². The highest BCUT2D eigenvalue weighted by Crippen LogP contribution is 2.37. The minimum atomic E-state index is -3.30. The maximum Gasteiger partial charge on any atom is 0.306 e. The number of hydrogen-bond donors (Lipinski definition) is 0. The van der Waals surface area contributed by atoms with Crippen molar-refractivity contribution in [1.29, 1.82) is 0 Å². The summed E-state index contributed by atoms with van der Waals surface area (Å²) in [5, 5.41) is 0. The topological polar surface area (TPSA) is 9.23 Å². The van der Waals surface area contributed by atoms with Crippen molar-refractivity contribution in [3.63, 3.8) is 0 Å². The summed E-state index contributed by atoms with van der Waals surface area (Å²) in [5.41, 5.74) is -2.47. The Morgan fingerprint density at radius 2 is 1.78 bits per heavy atom. The minimum Gasteiger partial charge on any atom is -0.372 e. The van der Waals surface area contributed by atoms with Crippen LogP contribution in [0, 0.1) is 0 Å². The standard InChI is InChI=1S/C5H7F3O/c1-4(6)2-9-3-5(4,7)8/h2-3H2,1H3. The monoisotopic (exact) mass is 140 g/mol. The van der Waals surface area contributed by atoms with Gasteiger partial charge in [-0.3, -0.25) is 0 Å². The average Bonchev–Trinajstić information content (AvgIpc) is 1.81. The molecule has 0 aliphatic carbocycles. The van der Waals surface area contributed by atoms with Crippen LogP contribution in [-0.4, -0.2) is 24.8 Å². The van der Waals surface area contributed by atoms with E-state index in [1.807, 2.05) is 0 Å². The Balaban J connectivity index is 2.75. The zero-order valence-electron chi connectivity index (χ0n) is 4.96. The number of halogens is 3. The fraction of sp³-hybridized carbons (Fsp3) is 1.00. The minimum absolute atomic E-state index is 0.500. The number of alkyl halides is 3. The Bertz CT molecular complexity index is 107. The van der Waals surface area contributed by atoms with Gasteiger partial charge in [0.15, 0.2) is 5.67 Å². The van der Waals surface area contributed by atoms with E-state index in [0.29, 0.717) is 0 Å². The lowest BCUT2D eigenvalue weighted by molar-refractivity contribution is -0.0928. The zero-order chi connectivity index (χ0) is 7.12. The summed E-state index contributed by atoms with van der Waals surface area (Å²) < 4.78 is 41.2. The van der Waals surface area contributed by atoms with E-state index in [4.69, 9.17) is 0 Å². The van der Waals surface area contributed by atoms with Crippen molar-refractivity contribution in [2.24, 2.45) is 0 Å². The van der Waals surface area contributed by atoms with Crippen LogP contribution in [0.3, 0.4) is 0 Å². The Labute approximate surface area is 50.8 Å². The molecule has 1 atom stereocenters. The van der Waals surface area contributed by atoms with Crippen LogP contribution >= 0.6 is 0 Å². The third-order valence-electron chi connectivity index (χ3n) is 1.42. The molecule has 4 heteroatoms. The molecular weight excluding hydrogens is 133 g/mol. The van der Waals surface area contributed by atoms with Crippen molar-refractivity contribution in [2.45, 2.75) is 18.5 Å². The van der Waals surface area contributed by atoms with E-state index in [1.54, 1.807) is 0 Å². The summed E-state index contributed by atoms with van der Waals surface area (Å²) in [7, 11) is 0. The van der Waals surface area contributed by atoms with Crippen molar-refractivity contribution in [3.05, 3.63) is 0 Å². The lowest BCUT2D eigenvalue weighted by atomic mass is 10.1. The zero-order valence-corrected chi connectivity index (χ0v) is 4.96. The lowest BCUT2D eigenvalue weighted by Crippen LogP contribution is -2.39. The molecule has 0 saturated carbocycles. The van der Waals surface area contributed by atoms with E-state index < -0.39 is 24.8 Å². The third kappa shape index (κ3) is 0.913. The molecule has 1 nitrogen and oxygen atoms in total. The number of rotatable bonds is 0. The maximum absolute atomic E-state index is 12.5. The van der Waals surface area contributed by atoms with Gasteiger partial charge in [-0.25, -0.2) is 13.2 Å². The molecular formula is C5H7F3O. The molecule has 0 spiro atoms. The Kier molecular flexibility index (Phi) is 1.24. The summed E-state index contributed by atoms with van der Waals surface area (Å²) in [4.78, 5) is 0. The highest BCUT2D eigenvalue weighted by atomic mass is 19.3. The molecule has 1 aliphatic heterocycles. The van der Waals surface area contributed by atoms with Gasteiger partial charge >= 0.3 is 5.92 Å². The number of hydrogen-bond acceptors (Lipinski definition) is 1. The second-order valence-electron chi connectivity index (χ2n) is 2.39. The summed E-state index contributed by atoms with van der Waals surface area (Å²) >= 11 is 0. The van der Waals surface area contributed by atoms with Crippen LogP contribution in [0.5, 0.6) is 0 Å². The molecule has 0 radical (unpaired) electrons. The molecule has 54 valence electrons. The van der Waals surface area contributed by atoms with Gasteiger partial charge in [0.1, 0.15) is 6.61 Å². The van der Waals surface area contributed by atoms with Gasteiger partial charge in [0.2, 0.25) is 0 Å². The van der Waals surface area contributed by atoms with Gasteiger partial charge in [-0.1, -0.05) is 0 Å². The Morgan fingerprint density at radius 3 is 1.89 bits per heavy atom. The molecule has 0 N–H and O–H groups in total. The predicted octanol–water partition coefficient (Wildman–Crippen LogP) is 1.38. The molecule has 1 saturated heterocycles. The molecule has 0 aromatic heterocycles. The van der Waals surface area contributed by atoms with Gasteiger partial charge in [-0.2, -0.15) is 0 Å². The molecule has 1 unspecified atom stereocenters. The van der Waals surface area contributed by atoms with Gasteiger partial charge in [-0.15, -0.1) is 0 Å². The highest BCUT2D eigenvalue weighted by molar-refractivity contribution is 4.94. The second kappa shape index (κ2) is 1.62. The summed E-state index contributed by atoms with van der Waals surface area (Å²) in [5.74, 6) is -3.30. The van der Waals surface area contributed by atoms with Crippen molar-refractivity contribution < 1.29 is 17.9 Å².